The molecule has 0 heterocycles. The number of aldehydes is 1. The topological polar surface area (TPSA) is 17.1 Å². The van der Waals surface area contributed by atoms with Crippen LogP contribution in [0, 0.1) is 0 Å². The van der Waals surface area contributed by atoms with Crippen molar-refractivity contribution in [1.29, 1.82) is 0 Å². The van der Waals surface area contributed by atoms with Crippen LogP contribution in [0.15, 0.2) is 0 Å². The highest BCUT2D eigenvalue weighted by Crippen LogP contribution is 1.73. The van der Waals surface area contributed by atoms with Gasteiger partial charge in [-0.3, -0.25) is 0 Å². The largest absolute Gasteiger partial charge is 0.305 e. The van der Waals surface area contributed by atoms with E-state index >= 15 is 0 Å². The van der Waals surface area contributed by atoms with Gasteiger partial charge in [-0.15, -0.1) is 0 Å². The third-order valence-electron chi connectivity index (χ3n) is 0.272. The Morgan fingerprint density at radius 3 is 1.80 bits per heavy atom. The quantitative estimate of drug-likeness (QED) is 0.261. The first kappa shape index (κ1) is 4.80. The summed E-state index contributed by atoms with van der Waals surface area (Å²) in [5.41, 5.74) is 0.204. The van der Waals surface area contributed by atoms with Crippen LogP contribution < -0.4 is 0 Å². The van der Waals surface area contributed by atoms with Crippen LogP contribution in [0.1, 0.15) is 0 Å². The van der Waals surface area contributed by atoms with Gasteiger partial charge in [0.2, 0.25) is 0 Å². The summed E-state index contributed by atoms with van der Waals surface area (Å²) in [6.45, 7) is 0. The van der Waals surface area contributed by atoms with Gasteiger partial charge in [0.1, 0.15) is 22.0 Å². The van der Waals surface area contributed by atoms with E-state index in [1.54, 1.807) is 0 Å². The van der Waals surface area contributed by atoms with Crippen molar-refractivity contribution in [2.45, 2.75) is 5.72 Å². The third kappa shape index (κ3) is 3.80. The van der Waals surface area contributed by atoms with Crippen molar-refractivity contribution in [2.75, 3.05) is 0 Å². The number of carbonyl (C=O) groups excluding carboxylic acids is 1. The summed E-state index contributed by atoms with van der Waals surface area (Å²) >= 11 is 0. The molecule has 0 aliphatic carbocycles. The summed E-state index contributed by atoms with van der Waals surface area (Å²) in [6.07, 6.45) is 0.917. The molecule has 0 unspecified atom stereocenters. The average Bonchev–Trinajstić information content (AvgIpc) is 1.38. The predicted octanol–water partition coefficient (Wildman–Crippen LogP) is -1.80. The molecule has 0 aliphatic rings. The van der Waals surface area contributed by atoms with Crippen LogP contribution in [-0.4, -0.2) is 22.0 Å². The smallest absolute Gasteiger partial charge is 0.107 e. The minimum Gasteiger partial charge on any atom is -0.305 e. The molecule has 0 fully saturated rings. The van der Waals surface area contributed by atoms with Gasteiger partial charge in [-0.25, -0.2) is 0 Å². The van der Waals surface area contributed by atoms with Crippen molar-refractivity contribution in [3.05, 3.63) is 0 Å². The van der Waals surface area contributed by atoms with E-state index in [1.165, 1.54) is 0 Å². The van der Waals surface area contributed by atoms with Crippen LogP contribution in [0.2, 0.25) is 5.72 Å². The lowest BCUT2D eigenvalue weighted by Crippen LogP contribution is -1.88. The molecule has 5 heavy (non-hydrogen) atoms. The Balaban J connectivity index is 2.83. The summed E-state index contributed by atoms with van der Waals surface area (Å²) in [6, 6.07) is 0. The van der Waals surface area contributed by atoms with Crippen molar-refractivity contribution in [1.82, 2.24) is 0 Å². The molecular formula is C2H6B2O. The molecule has 0 aromatic rings. The molecule has 0 saturated heterocycles. The van der Waals surface area contributed by atoms with E-state index in [0.717, 1.165) is 6.29 Å². The van der Waals surface area contributed by atoms with Crippen LogP contribution in [0.25, 0.3) is 0 Å². The minimum atomic E-state index is 0.204. The summed E-state index contributed by atoms with van der Waals surface area (Å²) in [5, 5.41) is 0. The maximum Gasteiger partial charge on any atom is 0.107 e. The second kappa shape index (κ2) is 2.06. The van der Waals surface area contributed by atoms with Gasteiger partial charge in [0.15, 0.2) is 0 Å². The fraction of sp³-hybridized carbons (Fsp3) is 0.500. The van der Waals surface area contributed by atoms with E-state index in [-0.39, 0.29) is 5.72 Å². The second-order valence-electron chi connectivity index (χ2n) is 1.38. The van der Waals surface area contributed by atoms with E-state index in [9.17, 15) is 4.79 Å². The Bertz CT molecular complexity index is 34.6. The number of hydrogen-bond donors (Lipinski definition) is 0. The zero-order valence-corrected chi connectivity index (χ0v) is 3.56. The van der Waals surface area contributed by atoms with Crippen LogP contribution >= 0.6 is 0 Å². The standard InChI is InChI=1S/C2H6B2O/c3-2(4)1-5/h1-2H,3-4H2. The first-order chi connectivity index (χ1) is 2.27. The highest BCUT2D eigenvalue weighted by molar-refractivity contribution is 6.43. The predicted molar refractivity (Wildman–Crippen MR) is 26.9 cm³/mol. The molecule has 26 valence electrons. The molecule has 0 atom stereocenters. The van der Waals surface area contributed by atoms with Gasteiger partial charge < -0.3 is 4.79 Å². The molecule has 0 aromatic carbocycles. The maximum absolute atomic E-state index is 9.50. The highest BCUT2D eigenvalue weighted by atomic mass is 16.1. The molecule has 0 bridgehead atoms. The zero-order chi connectivity index (χ0) is 4.28. The Kier molecular flexibility index (Phi) is 1.98. The lowest BCUT2D eigenvalue weighted by Gasteiger charge is -1.76. The molecule has 0 rings (SSSR count). The molecule has 0 saturated carbocycles. The normalized spacial score (nSPS) is 8.20. The van der Waals surface area contributed by atoms with Crippen molar-refractivity contribution < 1.29 is 4.79 Å². The lowest BCUT2D eigenvalue weighted by atomic mass is 9.72. The molecule has 0 aliphatic heterocycles. The van der Waals surface area contributed by atoms with Gasteiger partial charge in [-0.2, -0.15) is 0 Å². The van der Waals surface area contributed by atoms with Crippen molar-refractivity contribution in [3.63, 3.8) is 0 Å². The SMILES string of the molecule is BC(B)C=O. The Hall–Kier alpha value is -0.200. The lowest BCUT2D eigenvalue weighted by molar-refractivity contribution is -0.106. The zero-order valence-electron chi connectivity index (χ0n) is 3.56. The average molecular weight is 67.7 g/mol. The molecule has 0 amide bonds. The minimum absolute atomic E-state index is 0.204. The van der Waals surface area contributed by atoms with E-state index in [0.29, 0.717) is 0 Å². The Labute approximate surface area is 33.6 Å². The Morgan fingerprint density at radius 1 is 1.60 bits per heavy atom. The summed E-state index contributed by atoms with van der Waals surface area (Å²) in [5.74, 6) is 0. The van der Waals surface area contributed by atoms with Gasteiger partial charge in [-0.05, 0) is 5.72 Å². The molecule has 0 N–H and O–H groups in total. The van der Waals surface area contributed by atoms with Crippen LogP contribution in [0.3, 0.4) is 0 Å². The van der Waals surface area contributed by atoms with Gasteiger partial charge >= 0.3 is 0 Å². The molecule has 3 heteroatoms. The van der Waals surface area contributed by atoms with Crippen LogP contribution in [0.4, 0.5) is 0 Å². The van der Waals surface area contributed by atoms with Gasteiger partial charge in [0, 0.05) is 0 Å². The van der Waals surface area contributed by atoms with E-state index < -0.39 is 0 Å². The molecule has 0 spiro atoms. The first-order valence-corrected chi connectivity index (χ1v) is 1.72. The summed E-state index contributed by atoms with van der Waals surface area (Å²) in [4.78, 5) is 9.50. The third-order valence-corrected chi connectivity index (χ3v) is 0.272. The van der Waals surface area contributed by atoms with E-state index in [1.807, 2.05) is 15.7 Å². The number of carbonyl (C=O) groups is 1. The highest BCUT2D eigenvalue weighted by Gasteiger charge is 1.81. The van der Waals surface area contributed by atoms with E-state index in [2.05, 4.69) is 0 Å². The molecular weight excluding hydrogens is 61.6 g/mol. The number of rotatable bonds is 1. The summed E-state index contributed by atoms with van der Waals surface area (Å²) < 4.78 is 0. The molecule has 0 radical (unpaired) electrons. The van der Waals surface area contributed by atoms with Crippen LogP contribution in [0.5, 0.6) is 0 Å². The number of hydrogen-bond acceptors (Lipinski definition) is 1. The van der Waals surface area contributed by atoms with Crippen molar-refractivity contribution in [2.24, 2.45) is 0 Å². The van der Waals surface area contributed by atoms with Gasteiger partial charge in [0.05, 0.1) is 0 Å². The fourth-order valence-corrected chi connectivity index (χ4v) is 0. The van der Waals surface area contributed by atoms with Crippen molar-refractivity contribution >= 4 is 22.0 Å². The fourth-order valence-electron chi connectivity index (χ4n) is 0. The van der Waals surface area contributed by atoms with E-state index in [4.69, 9.17) is 0 Å². The van der Waals surface area contributed by atoms with Crippen LogP contribution in [-0.2, 0) is 4.79 Å². The van der Waals surface area contributed by atoms with Gasteiger partial charge in [-0.1, -0.05) is 0 Å². The second-order valence-corrected chi connectivity index (χ2v) is 1.38. The molecule has 1 nitrogen and oxygen atoms in total. The maximum atomic E-state index is 9.50. The van der Waals surface area contributed by atoms with Crippen molar-refractivity contribution in [3.8, 4) is 0 Å². The first-order valence-electron chi connectivity index (χ1n) is 1.72. The Morgan fingerprint density at radius 2 is 1.80 bits per heavy atom. The van der Waals surface area contributed by atoms with Gasteiger partial charge in [0.25, 0.3) is 0 Å². The summed E-state index contributed by atoms with van der Waals surface area (Å²) in [7, 11) is 3.71. The molecule has 0 aromatic heterocycles. The monoisotopic (exact) mass is 68.1 g/mol.